The third kappa shape index (κ3) is 8.27. The summed E-state index contributed by atoms with van der Waals surface area (Å²) in [5.41, 5.74) is 3.03. The molecule has 0 bridgehead atoms. The average Bonchev–Trinajstić information content (AvgIpc) is 3.03. The Hall–Kier alpha value is -4.14. The molecule has 4 aromatic carbocycles. The topological polar surface area (TPSA) is 86.8 Å². The van der Waals surface area contributed by atoms with Crippen LogP contribution in [0.1, 0.15) is 37.0 Å². The molecule has 0 saturated heterocycles. The maximum absolute atomic E-state index is 14.5. The lowest BCUT2D eigenvalue weighted by molar-refractivity contribution is -0.140. The van der Waals surface area contributed by atoms with Crippen molar-refractivity contribution in [1.29, 1.82) is 0 Å². The van der Waals surface area contributed by atoms with E-state index in [2.05, 4.69) is 5.32 Å². The number of hydrogen-bond donors (Lipinski definition) is 1. The number of benzene rings is 4. The second-order valence-corrected chi connectivity index (χ2v) is 13.1. The first-order chi connectivity index (χ1) is 21.1. The molecule has 0 heterocycles. The molecule has 2 atom stereocenters. The van der Waals surface area contributed by atoms with E-state index in [1.54, 1.807) is 30.3 Å². The number of nitrogens with zero attached hydrogens (tertiary/aromatic N) is 2. The predicted molar refractivity (Wildman–Crippen MR) is 176 cm³/mol. The molecule has 4 rings (SSSR count). The van der Waals surface area contributed by atoms with Crippen LogP contribution in [0.25, 0.3) is 0 Å². The Balaban J connectivity index is 1.80. The van der Waals surface area contributed by atoms with E-state index in [9.17, 15) is 18.0 Å². The van der Waals surface area contributed by atoms with Gasteiger partial charge in [-0.2, -0.15) is 0 Å². The molecule has 0 unspecified atom stereocenters. The van der Waals surface area contributed by atoms with Crippen molar-refractivity contribution in [3.63, 3.8) is 0 Å². The number of hydrogen-bond acceptors (Lipinski definition) is 4. The standard InChI is InChI=1S/C35H38ClN3O4S/c1-4-27(3)37-35(41)33(23-28-14-7-5-8-15-28)38(24-29-16-12-11-13-26(29)2)34(40)25-39(31-17-9-6-10-18-31)44(42,43)32-21-19-30(36)20-22-32/h5-22,27,33H,4,23-25H2,1-3H3,(H,37,41)/t27-,33-/m0/s1. The Labute approximate surface area is 265 Å². The molecule has 0 saturated carbocycles. The molecule has 9 heteroatoms. The molecule has 0 radical (unpaired) electrons. The first-order valence-electron chi connectivity index (χ1n) is 14.6. The Bertz CT molecular complexity index is 1650. The number of aryl methyl sites for hydroxylation is 1. The fraction of sp³-hybridized carbons (Fsp3) is 0.257. The van der Waals surface area contributed by atoms with Crippen LogP contribution in [-0.2, 0) is 32.6 Å². The second kappa shape index (κ2) is 15.0. The van der Waals surface area contributed by atoms with E-state index in [0.29, 0.717) is 10.7 Å². The molecule has 0 spiro atoms. The van der Waals surface area contributed by atoms with E-state index in [1.807, 2.05) is 75.4 Å². The van der Waals surface area contributed by atoms with Gasteiger partial charge in [-0.05, 0) is 73.4 Å². The number of amides is 2. The zero-order valence-electron chi connectivity index (χ0n) is 25.2. The summed E-state index contributed by atoms with van der Waals surface area (Å²) in [4.78, 5) is 29.9. The van der Waals surface area contributed by atoms with Crippen molar-refractivity contribution in [2.24, 2.45) is 0 Å². The van der Waals surface area contributed by atoms with Gasteiger partial charge in [0, 0.05) is 24.0 Å². The molecule has 7 nitrogen and oxygen atoms in total. The molecule has 0 aliphatic carbocycles. The third-order valence-electron chi connectivity index (χ3n) is 7.60. The van der Waals surface area contributed by atoms with Crippen molar-refractivity contribution in [2.45, 2.75) is 57.1 Å². The minimum absolute atomic E-state index is 0.000596. The van der Waals surface area contributed by atoms with Crippen LogP contribution in [0.15, 0.2) is 114 Å². The highest BCUT2D eigenvalue weighted by molar-refractivity contribution is 7.92. The molecule has 0 aliphatic heterocycles. The van der Waals surface area contributed by atoms with Crippen LogP contribution in [0.4, 0.5) is 5.69 Å². The highest BCUT2D eigenvalue weighted by Gasteiger charge is 2.35. The fourth-order valence-corrected chi connectivity index (χ4v) is 6.36. The van der Waals surface area contributed by atoms with Crippen LogP contribution in [0, 0.1) is 6.92 Å². The molecule has 0 fully saturated rings. The largest absolute Gasteiger partial charge is 0.352 e. The average molecular weight is 632 g/mol. The molecule has 4 aromatic rings. The van der Waals surface area contributed by atoms with Crippen molar-refractivity contribution in [1.82, 2.24) is 10.2 Å². The number of anilines is 1. The highest BCUT2D eigenvalue weighted by Crippen LogP contribution is 2.26. The van der Waals surface area contributed by atoms with Gasteiger partial charge in [0.2, 0.25) is 11.8 Å². The normalized spacial score (nSPS) is 12.6. The Morgan fingerprint density at radius 1 is 0.841 bits per heavy atom. The van der Waals surface area contributed by atoms with Gasteiger partial charge >= 0.3 is 0 Å². The van der Waals surface area contributed by atoms with Gasteiger partial charge < -0.3 is 10.2 Å². The number of rotatable bonds is 13. The Morgan fingerprint density at radius 2 is 1.43 bits per heavy atom. The van der Waals surface area contributed by atoms with Crippen LogP contribution in [0.3, 0.4) is 0 Å². The van der Waals surface area contributed by atoms with E-state index in [4.69, 9.17) is 11.6 Å². The van der Waals surface area contributed by atoms with Crippen molar-refractivity contribution >= 4 is 39.1 Å². The first kappa shape index (κ1) is 32.8. The molecule has 230 valence electrons. The van der Waals surface area contributed by atoms with E-state index in [0.717, 1.165) is 27.4 Å². The number of carbonyl (C=O) groups is 2. The van der Waals surface area contributed by atoms with Gasteiger partial charge in [-0.1, -0.05) is 91.3 Å². The van der Waals surface area contributed by atoms with E-state index >= 15 is 0 Å². The van der Waals surface area contributed by atoms with Crippen LogP contribution in [-0.4, -0.2) is 43.8 Å². The summed E-state index contributed by atoms with van der Waals surface area (Å²) in [6.45, 7) is 5.46. The quantitative estimate of drug-likeness (QED) is 0.185. The van der Waals surface area contributed by atoms with Gasteiger partial charge in [-0.3, -0.25) is 13.9 Å². The monoisotopic (exact) mass is 631 g/mol. The number of halogens is 1. The van der Waals surface area contributed by atoms with Crippen molar-refractivity contribution in [3.05, 3.63) is 131 Å². The summed E-state index contributed by atoms with van der Waals surface area (Å²) >= 11 is 6.04. The van der Waals surface area contributed by atoms with Crippen molar-refractivity contribution in [2.75, 3.05) is 10.8 Å². The maximum Gasteiger partial charge on any atom is 0.264 e. The Kier molecular flexibility index (Phi) is 11.2. The second-order valence-electron chi connectivity index (χ2n) is 10.8. The minimum atomic E-state index is -4.18. The summed E-state index contributed by atoms with van der Waals surface area (Å²) in [7, 11) is -4.18. The Morgan fingerprint density at radius 3 is 2.05 bits per heavy atom. The maximum atomic E-state index is 14.5. The van der Waals surface area contributed by atoms with Crippen LogP contribution in [0.2, 0.25) is 5.02 Å². The third-order valence-corrected chi connectivity index (χ3v) is 9.64. The van der Waals surface area contributed by atoms with Gasteiger partial charge in [0.25, 0.3) is 10.0 Å². The van der Waals surface area contributed by atoms with Crippen LogP contribution in [0.5, 0.6) is 0 Å². The molecule has 2 amide bonds. The number of carbonyl (C=O) groups excluding carboxylic acids is 2. The van der Waals surface area contributed by atoms with Crippen molar-refractivity contribution < 1.29 is 18.0 Å². The van der Waals surface area contributed by atoms with Crippen LogP contribution < -0.4 is 9.62 Å². The van der Waals surface area contributed by atoms with E-state index in [1.165, 1.54) is 29.2 Å². The summed E-state index contributed by atoms with van der Waals surface area (Å²) < 4.78 is 29.1. The highest BCUT2D eigenvalue weighted by atomic mass is 35.5. The van der Waals surface area contributed by atoms with Crippen molar-refractivity contribution in [3.8, 4) is 0 Å². The molecular formula is C35H38ClN3O4S. The summed E-state index contributed by atoms with van der Waals surface area (Å²) in [5.74, 6) is -0.799. The molecule has 44 heavy (non-hydrogen) atoms. The van der Waals surface area contributed by atoms with E-state index in [-0.39, 0.29) is 29.8 Å². The SMILES string of the molecule is CC[C@H](C)NC(=O)[C@H](Cc1ccccc1)N(Cc1ccccc1C)C(=O)CN(c1ccccc1)S(=O)(=O)c1ccc(Cl)cc1. The number of para-hydroxylation sites is 1. The van der Waals surface area contributed by atoms with Gasteiger partial charge in [-0.25, -0.2) is 8.42 Å². The molecule has 1 N–H and O–H groups in total. The summed E-state index contributed by atoms with van der Waals surface area (Å²) in [5, 5.41) is 3.45. The lowest BCUT2D eigenvalue weighted by Gasteiger charge is -2.34. The summed E-state index contributed by atoms with van der Waals surface area (Å²) in [6, 6.07) is 30.5. The van der Waals surface area contributed by atoms with Gasteiger partial charge in [0.15, 0.2) is 0 Å². The minimum Gasteiger partial charge on any atom is -0.352 e. The smallest absolute Gasteiger partial charge is 0.264 e. The number of nitrogens with one attached hydrogen (secondary N) is 1. The molecule has 0 aliphatic rings. The lowest BCUT2D eigenvalue weighted by atomic mass is 10.0. The zero-order chi connectivity index (χ0) is 31.7. The lowest BCUT2D eigenvalue weighted by Crippen LogP contribution is -2.54. The molecular weight excluding hydrogens is 594 g/mol. The first-order valence-corrected chi connectivity index (χ1v) is 16.4. The summed E-state index contributed by atoms with van der Waals surface area (Å²) in [6.07, 6.45) is 0.979. The van der Waals surface area contributed by atoms with Gasteiger partial charge in [0.05, 0.1) is 10.6 Å². The van der Waals surface area contributed by atoms with Gasteiger partial charge in [0.1, 0.15) is 12.6 Å². The van der Waals surface area contributed by atoms with Crippen LogP contribution >= 0.6 is 11.6 Å². The van der Waals surface area contributed by atoms with Gasteiger partial charge in [-0.15, -0.1) is 0 Å². The molecule has 0 aromatic heterocycles. The predicted octanol–water partition coefficient (Wildman–Crippen LogP) is 6.40. The fourth-order valence-electron chi connectivity index (χ4n) is 4.82. The zero-order valence-corrected chi connectivity index (χ0v) is 26.8. The number of sulfonamides is 1. The van der Waals surface area contributed by atoms with E-state index < -0.39 is 28.5 Å².